The molecule has 0 radical (unpaired) electrons. The summed E-state index contributed by atoms with van der Waals surface area (Å²) in [4.78, 5) is 29.0. The number of carbonyl (C=O) groups is 1. The van der Waals surface area contributed by atoms with E-state index in [1.807, 2.05) is 0 Å². The van der Waals surface area contributed by atoms with E-state index in [0.717, 1.165) is 11.8 Å². The molecule has 0 aliphatic carbocycles. The smallest absolute Gasteiger partial charge is 0.323 e. The predicted molar refractivity (Wildman–Crippen MR) is 103 cm³/mol. The number of anilines is 1. The Balaban J connectivity index is 1.42. The first-order chi connectivity index (χ1) is 13.5. The standard InChI is InChI=1S/C18H14FN5O3S/c1-9(15(25)20-12-6-7-13-14(8-12)22-17(26)21-13)28-18-24-23-16(27-18)10-2-4-11(19)5-3-10/h2-9H,1H3,(H,20,25)(H2,21,22,26)/t9-/m1/s1. The highest BCUT2D eigenvalue weighted by molar-refractivity contribution is 8.00. The van der Waals surface area contributed by atoms with E-state index in [9.17, 15) is 14.0 Å². The molecule has 0 bridgehead atoms. The van der Waals surface area contributed by atoms with Crippen molar-refractivity contribution in [2.75, 3.05) is 5.32 Å². The molecule has 2 aromatic carbocycles. The maximum absolute atomic E-state index is 13.0. The lowest BCUT2D eigenvalue weighted by molar-refractivity contribution is -0.115. The van der Waals surface area contributed by atoms with Gasteiger partial charge in [-0.05, 0) is 49.4 Å². The van der Waals surface area contributed by atoms with Crippen LogP contribution < -0.4 is 11.0 Å². The highest BCUT2D eigenvalue weighted by Crippen LogP contribution is 2.27. The lowest BCUT2D eigenvalue weighted by Gasteiger charge is -2.09. The zero-order valence-electron chi connectivity index (χ0n) is 14.5. The van der Waals surface area contributed by atoms with Crippen LogP contribution in [0.1, 0.15) is 6.92 Å². The van der Waals surface area contributed by atoms with Gasteiger partial charge in [0.05, 0.1) is 16.3 Å². The van der Waals surface area contributed by atoms with Crippen LogP contribution in [-0.2, 0) is 4.79 Å². The van der Waals surface area contributed by atoms with Crippen molar-refractivity contribution in [3.05, 3.63) is 58.8 Å². The zero-order valence-corrected chi connectivity index (χ0v) is 15.3. The maximum atomic E-state index is 13.0. The van der Waals surface area contributed by atoms with Crippen LogP contribution in [-0.4, -0.2) is 31.3 Å². The molecule has 0 aliphatic heterocycles. The average molecular weight is 399 g/mol. The second-order valence-corrected chi connectivity index (χ2v) is 7.26. The minimum Gasteiger partial charge on any atom is -0.411 e. The Morgan fingerprint density at radius 1 is 1.14 bits per heavy atom. The Kier molecular flexibility index (Phi) is 4.70. The van der Waals surface area contributed by atoms with Gasteiger partial charge in [0, 0.05) is 11.3 Å². The van der Waals surface area contributed by atoms with E-state index >= 15 is 0 Å². The lowest BCUT2D eigenvalue weighted by Crippen LogP contribution is -2.22. The van der Waals surface area contributed by atoms with Gasteiger partial charge < -0.3 is 19.7 Å². The minimum absolute atomic E-state index is 0.229. The van der Waals surface area contributed by atoms with E-state index in [1.54, 1.807) is 25.1 Å². The number of H-pyrrole nitrogens is 2. The van der Waals surface area contributed by atoms with E-state index in [2.05, 4.69) is 25.5 Å². The Hall–Kier alpha value is -3.40. The summed E-state index contributed by atoms with van der Waals surface area (Å²) in [5.41, 5.74) is 2.09. The largest absolute Gasteiger partial charge is 0.411 e. The van der Waals surface area contributed by atoms with Crippen LogP contribution in [0, 0.1) is 5.82 Å². The summed E-state index contributed by atoms with van der Waals surface area (Å²) in [7, 11) is 0. The van der Waals surface area contributed by atoms with Gasteiger partial charge >= 0.3 is 5.69 Å². The van der Waals surface area contributed by atoms with Crippen LogP contribution in [0.3, 0.4) is 0 Å². The second-order valence-electron chi connectivity index (χ2n) is 5.97. The van der Waals surface area contributed by atoms with Crippen LogP contribution in [0.2, 0.25) is 0 Å². The molecule has 10 heteroatoms. The highest BCUT2D eigenvalue weighted by atomic mass is 32.2. The van der Waals surface area contributed by atoms with Crippen molar-refractivity contribution in [3.63, 3.8) is 0 Å². The van der Waals surface area contributed by atoms with Gasteiger partial charge in [0.25, 0.3) is 5.22 Å². The van der Waals surface area contributed by atoms with Gasteiger partial charge in [-0.15, -0.1) is 10.2 Å². The number of nitrogens with zero attached hydrogens (tertiary/aromatic N) is 2. The van der Waals surface area contributed by atoms with Crippen molar-refractivity contribution in [2.24, 2.45) is 0 Å². The molecule has 0 spiro atoms. The number of thioether (sulfide) groups is 1. The Morgan fingerprint density at radius 2 is 1.89 bits per heavy atom. The van der Waals surface area contributed by atoms with Crippen LogP contribution in [0.4, 0.5) is 10.1 Å². The van der Waals surface area contributed by atoms with Gasteiger partial charge in [-0.1, -0.05) is 11.8 Å². The third-order valence-corrected chi connectivity index (χ3v) is 4.86. The molecule has 28 heavy (non-hydrogen) atoms. The number of aromatic amines is 2. The molecule has 4 rings (SSSR count). The number of hydrogen-bond acceptors (Lipinski definition) is 6. The number of halogens is 1. The van der Waals surface area contributed by atoms with Crippen LogP contribution in [0.15, 0.2) is 56.9 Å². The average Bonchev–Trinajstić information content (AvgIpc) is 3.27. The number of imidazole rings is 1. The van der Waals surface area contributed by atoms with Gasteiger partial charge in [-0.25, -0.2) is 9.18 Å². The quantitative estimate of drug-likeness (QED) is 0.444. The molecule has 0 fully saturated rings. The molecule has 8 nitrogen and oxygen atoms in total. The van der Waals surface area contributed by atoms with E-state index in [-0.39, 0.29) is 28.5 Å². The molecule has 0 unspecified atom stereocenters. The second kappa shape index (κ2) is 7.31. The lowest BCUT2D eigenvalue weighted by atomic mass is 10.2. The van der Waals surface area contributed by atoms with E-state index < -0.39 is 5.25 Å². The van der Waals surface area contributed by atoms with E-state index in [4.69, 9.17) is 4.42 Å². The summed E-state index contributed by atoms with van der Waals surface area (Å²) in [5, 5.41) is 10.3. The van der Waals surface area contributed by atoms with Crippen LogP contribution in [0.5, 0.6) is 0 Å². The third kappa shape index (κ3) is 3.81. The predicted octanol–water partition coefficient (Wildman–Crippen LogP) is 3.16. The van der Waals surface area contributed by atoms with Gasteiger partial charge in [-0.2, -0.15) is 0 Å². The fourth-order valence-corrected chi connectivity index (χ4v) is 3.21. The molecule has 142 valence electrons. The Labute approximate surface area is 161 Å². The number of aromatic nitrogens is 4. The molecule has 3 N–H and O–H groups in total. The molecule has 4 aromatic rings. The van der Waals surface area contributed by atoms with Crippen molar-refractivity contribution in [3.8, 4) is 11.5 Å². The summed E-state index contributed by atoms with van der Waals surface area (Å²) in [6.07, 6.45) is 0. The monoisotopic (exact) mass is 399 g/mol. The fraction of sp³-hybridized carbons (Fsp3) is 0.111. The molecular weight excluding hydrogens is 385 g/mol. The number of carbonyl (C=O) groups excluding carboxylic acids is 1. The molecule has 2 heterocycles. The van der Waals surface area contributed by atoms with Crippen LogP contribution >= 0.6 is 11.8 Å². The maximum Gasteiger partial charge on any atom is 0.323 e. The third-order valence-electron chi connectivity index (χ3n) is 3.93. The summed E-state index contributed by atoms with van der Waals surface area (Å²) < 4.78 is 18.5. The number of rotatable bonds is 5. The van der Waals surface area contributed by atoms with Crippen molar-refractivity contribution in [1.82, 2.24) is 20.2 Å². The molecule has 0 aliphatic rings. The fourth-order valence-electron chi connectivity index (χ4n) is 2.53. The first-order valence-electron chi connectivity index (χ1n) is 8.27. The normalized spacial score (nSPS) is 12.2. The van der Waals surface area contributed by atoms with E-state index in [0.29, 0.717) is 22.3 Å². The van der Waals surface area contributed by atoms with E-state index in [1.165, 1.54) is 24.3 Å². The van der Waals surface area contributed by atoms with Gasteiger partial charge in [-0.3, -0.25) is 4.79 Å². The number of hydrogen-bond donors (Lipinski definition) is 3. The van der Waals surface area contributed by atoms with Crippen molar-refractivity contribution in [2.45, 2.75) is 17.4 Å². The zero-order chi connectivity index (χ0) is 19.7. The van der Waals surface area contributed by atoms with Crippen molar-refractivity contribution < 1.29 is 13.6 Å². The number of nitrogens with one attached hydrogen (secondary N) is 3. The van der Waals surface area contributed by atoms with Gasteiger partial charge in [0.1, 0.15) is 5.82 Å². The first-order valence-corrected chi connectivity index (χ1v) is 9.15. The summed E-state index contributed by atoms with van der Waals surface area (Å²) >= 11 is 1.11. The first kappa shape index (κ1) is 18.0. The number of amides is 1. The minimum atomic E-state index is -0.512. The number of benzene rings is 2. The van der Waals surface area contributed by atoms with Crippen molar-refractivity contribution in [1.29, 1.82) is 0 Å². The topological polar surface area (TPSA) is 117 Å². The molecule has 1 atom stereocenters. The Bertz CT molecular complexity index is 1200. The SMILES string of the molecule is C[C@@H](Sc1nnc(-c2ccc(F)cc2)o1)C(=O)Nc1ccc2[nH]c(=O)[nH]c2c1. The van der Waals surface area contributed by atoms with Crippen molar-refractivity contribution >= 4 is 34.4 Å². The molecule has 1 amide bonds. The van der Waals surface area contributed by atoms with Gasteiger partial charge in [0.2, 0.25) is 11.8 Å². The van der Waals surface area contributed by atoms with Crippen LogP contribution in [0.25, 0.3) is 22.5 Å². The molecule has 0 saturated heterocycles. The molecule has 2 aromatic heterocycles. The number of fused-ring (bicyclic) bond motifs is 1. The Morgan fingerprint density at radius 3 is 2.68 bits per heavy atom. The highest BCUT2D eigenvalue weighted by Gasteiger charge is 2.19. The summed E-state index contributed by atoms with van der Waals surface area (Å²) in [5.74, 6) is -0.370. The molecular formula is C18H14FN5O3S. The molecule has 0 saturated carbocycles. The summed E-state index contributed by atoms with van der Waals surface area (Å²) in [6.45, 7) is 1.71. The summed E-state index contributed by atoms with van der Waals surface area (Å²) in [6, 6.07) is 10.7. The van der Waals surface area contributed by atoms with Gasteiger partial charge in [0.15, 0.2) is 0 Å².